The molecule has 1 aliphatic rings. The number of nitrogens with zero attached hydrogens (tertiary/aromatic N) is 1. The highest BCUT2D eigenvalue weighted by Crippen LogP contribution is 2.35. The minimum atomic E-state index is 0.663. The first-order chi connectivity index (χ1) is 8.25. The molecule has 0 bridgehead atoms. The third kappa shape index (κ3) is 2.08. The maximum atomic E-state index is 6.44. The third-order valence-corrected chi connectivity index (χ3v) is 5.08. The van der Waals surface area contributed by atoms with Crippen LogP contribution in [0.1, 0.15) is 4.88 Å². The number of nitrogens with one attached hydrogen (secondary N) is 1. The van der Waals surface area contributed by atoms with Crippen LogP contribution < -0.4 is 5.32 Å². The summed E-state index contributed by atoms with van der Waals surface area (Å²) in [6.07, 6.45) is 0. The molecule has 0 atom stereocenters. The van der Waals surface area contributed by atoms with Crippen LogP contribution in [0.3, 0.4) is 0 Å². The maximum Gasteiger partial charge on any atom is 0.0637 e. The Morgan fingerprint density at radius 1 is 1.41 bits per heavy atom. The summed E-state index contributed by atoms with van der Waals surface area (Å²) in [6.45, 7) is 3.14. The van der Waals surface area contributed by atoms with Crippen LogP contribution in [0.25, 0.3) is 10.1 Å². The molecule has 2 heterocycles. The van der Waals surface area contributed by atoms with Crippen LogP contribution in [-0.4, -0.2) is 31.1 Å². The average Bonchev–Trinajstić information content (AvgIpc) is 2.54. The van der Waals surface area contributed by atoms with E-state index >= 15 is 0 Å². The van der Waals surface area contributed by atoms with Crippen molar-refractivity contribution in [1.29, 1.82) is 0 Å². The molecule has 0 unspecified atom stereocenters. The zero-order valence-corrected chi connectivity index (χ0v) is 11.3. The van der Waals surface area contributed by atoms with Crippen LogP contribution in [-0.2, 0) is 6.54 Å². The third-order valence-electron chi connectivity index (χ3n) is 3.38. The van der Waals surface area contributed by atoms with Crippen LogP contribution in [0.15, 0.2) is 24.3 Å². The second-order valence-corrected chi connectivity index (χ2v) is 6.08. The smallest absolute Gasteiger partial charge is 0.0637 e. The van der Waals surface area contributed by atoms with Crippen LogP contribution in [0.2, 0.25) is 5.02 Å². The molecule has 1 saturated heterocycles. The fourth-order valence-corrected chi connectivity index (χ4v) is 3.66. The lowest BCUT2D eigenvalue weighted by Gasteiger charge is -2.35. The van der Waals surface area contributed by atoms with Gasteiger partial charge >= 0.3 is 0 Å². The Labute approximate surface area is 110 Å². The lowest BCUT2D eigenvalue weighted by Crippen LogP contribution is -2.55. The van der Waals surface area contributed by atoms with Gasteiger partial charge in [-0.3, -0.25) is 4.90 Å². The molecule has 17 heavy (non-hydrogen) atoms. The number of fused-ring (bicyclic) bond motifs is 1. The number of halogens is 1. The number of benzene rings is 1. The van der Waals surface area contributed by atoms with Gasteiger partial charge in [0, 0.05) is 40.6 Å². The first-order valence-corrected chi connectivity index (χ1v) is 7.02. The molecule has 0 radical (unpaired) electrons. The minimum Gasteiger partial charge on any atom is -0.314 e. The van der Waals surface area contributed by atoms with Crippen molar-refractivity contribution in [2.75, 3.05) is 20.1 Å². The molecule has 2 nitrogen and oxygen atoms in total. The van der Waals surface area contributed by atoms with E-state index in [1.807, 2.05) is 17.4 Å². The van der Waals surface area contributed by atoms with Gasteiger partial charge in [0.15, 0.2) is 0 Å². The molecule has 2 aromatic rings. The highest BCUT2D eigenvalue weighted by molar-refractivity contribution is 7.19. The number of hydrogen-bond donors (Lipinski definition) is 1. The SMILES string of the molecule is CN(Cc1sc2ccccc2c1Cl)C1CNC1. The van der Waals surface area contributed by atoms with Gasteiger partial charge < -0.3 is 5.32 Å². The summed E-state index contributed by atoms with van der Waals surface area (Å²) < 4.78 is 1.28. The van der Waals surface area contributed by atoms with Crippen molar-refractivity contribution in [2.45, 2.75) is 12.6 Å². The highest BCUT2D eigenvalue weighted by Gasteiger charge is 2.22. The average molecular weight is 267 g/mol. The van der Waals surface area contributed by atoms with Crippen molar-refractivity contribution in [3.05, 3.63) is 34.2 Å². The summed E-state index contributed by atoms with van der Waals surface area (Å²) in [5, 5.41) is 5.42. The largest absolute Gasteiger partial charge is 0.314 e. The van der Waals surface area contributed by atoms with Crippen molar-refractivity contribution in [2.24, 2.45) is 0 Å². The van der Waals surface area contributed by atoms with Crippen LogP contribution >= 0.6 is 22.9 Å². The molecule has 4 heteroatoms. The molecule has 1 aliphatic heterocycles. The Balaban J connectivity index is 1.87. The second-order valence-electron chi connectivity index (χ2n) is 4.56. The lowest BCUT2D eigenvalue weighted by atomic mass is 10.1. The van der Waals surface area contributed by atoms with Crippen LogP contribution in [0, 0.1) is 0 Å². The van der Waals surface area contributed by atoms with Gasteiger partial charge in [-0.05, 0) is 13.1 Å². The first-order valence-electron chi connectivity index (χ1n) is 5.82. The van der Waals surface area contributed by atoms with E-state index in [9.17, 15) is 0 Å². The normalized spacial score (nSPS) is 16.6. The molecule has 1 N–H and O–H groups in total. The quantitative estimate of drug-likeness (QED) is 0.919. The zero-order chi connectivity index (χ0) is 11.8. The predicted molar refractivity (Wildman–Crippen MR) is 75.0 cm³/mol. The van der Waals surface area contributed by atoms with Gasteiger partial charge in [0.05, 0.1) is 5.02 Å². The summed E-state index contributed by atoms with van der Waals surface area (Å²) in [4.78, 5) is 3.66. The van der Waals surface area contributed by atoms with E-state index in [0.717, 1.165) is 24.7 Å². The maximum absolute atomic E-state index is 6.44. The second kappa shape index (κ2) is 4.58. The molecular weight excluding hydrogens is 252 g/mol. The molecule has 0 aliphatic carbocycles. The van der Waals surface area contributed by atoms with Crippen LogP contribution in [0.5, 0.6) is 0 Å². The first kappa shape index (κ1) is 11.5. The summed E-state index contributed by atoms with van der Waals surface area (Å²) in [6, 6.07) is 9.02. The lowest BCUT2D eigenvalue weighted by molar-refractivity contribution is 0.174. The van der Waals surface area contributed by atoms with Crippen molar-refractivity contribution in [3.63, 3.8) is 0 Å². The Morgan fingerprint density at radius 2 is 2.18 bits per heavy atom. The zero-order valence-electron chi connectivity index (χ0n) is 9.74. The molecular formula is C13H15ClN2S. The molecule has 1 fully saturated rings. The van der Waals surface area contributed by atoms with Gasteiger partial charge in [-0.1, -0.05) is 29.8 Å². The van der Waals surface area contributed by atoms with E-state index in [-0.39, 0.29) is 0 Å². The van der Waals surface area contributed by atoms with Crippen molar-refractivity contribution in [3.8, 4) is 0 Å². The van der Waals surface area contributed by atoms with E-state index in [1.54, 1.807) is 0 Å². The summed E-state index contributed by atoms with van der Waals surface area (Å²) in [5.74, 6) is 0. The van der Waals surface area contributed by atoms with Gasteiger partial charge in [-0.15, -0.1) is 11.3 Å². The molecule has 3 rings (SSSR count). The Hall–Kier alpha value is -0.610. The minimum absolute atomic E-state index is 0.663. The Bertz CT molecular complexity index is 533. The summed E-state index contributed by atoms with van der Waals surface area (Å²) >= 11 is 8.25. The predicted octanol–water partition coefficient (Wildman–Crippen LogP) is 2.96. The number of thiophene rings is 1. The van der Waals surface area contributed by atoms with Crippen molar-refractivity contribution >= 4 is 33.0 Å². The topological polar surface area (TPSA) is 15.3 Å². The molecule has 0 spiro atoms. The van der Waals surface area contributed by atoms with Gasteiger partial charge in [-0.2, -0.15) is 0 Å². The molecule has 0 amide bonds. The van der Waals surface area contributed by atoms with Gasteiger partial charge in [0.1, 0.15) is 0 Å². The number of rotatable bonds is 3. The van der Waals surface area contributed by atoms with Gasteiger partial charge in [0.2, 0.25) is 0 Å². The van der Waals surface area contributed by atoms with E-state index < -0.39 is 0 Å². The van der Waals surface area contributed by atoms with Gasteiger partial charge in [-0.25, -0.2) is 0 Å². The Morgan fingerprint density at radius 3 is 2.82 bits per heavy atom. The monoisotopic (exact) mass is 266 g/mol. The highest BCUT2D eigenvalue weighted by atomic mass is 35.5. The van der Waals surface area contributed by atoms with E-state index in [1.165, 1.54) is 15.0 Å². The fourth-order valence-electron chi connectivity index (χ4n) is 2.11. The van der Waals surface area contributed by atoms with E-state index in [2.05, 4.69) is 35.5 Å². The molecule has 0 saturated carbocycles. The van der Waals surface area contributed by atoms with Gasteiger partial charge in [0.25, 0.3) is 0 Å². The van der Waals surface area contributed by atoms with Crippen molar-refractivity contribution < 1.29 is 0 Å². The number of likely N-dealkylation sites (N-methyl/N-ethyl adjacent to an activating group) is 1. The standard InChI is InChI=1S/C13H15ClN2S/c1-16(9-6-15-7-9)8-12-13(14)10-4-2-3-5-11(10)17-12/h2-5,9,15H,6-8H2,1H3. The summed E-state index contributed by atoms with van der Waals surface area (Å²) in [7, 11) is 2.17. The molecule has 90 valence electrons. The van der Waals surface area contributed by atoms with Crippen molar-refractivity contribution in [1.82, 2.24) is 10.2 Å². The summed E-state index contributed by atoms with van der Waals surface area (Å²) in [5.41, 5.74) is 0. The molecule has 1 aromatic carbocycles. The van der Waals surface area contributed by atoms with E-state index in [0.29, 0.717) is 6.04 Å². The number of hydrogen-bond acceptors (Lipinski definition) is 3. The molecule has 1 aromatic heterocycles. The fraction of sp³-hybridized carbons (Fsp3) is 0.385. The van der Waals surface area contributed by atoms with Crippen LogP contribution in [0.4, 0.5) is 0 Å². The van der Waals surface area contributed by atoms with E-state index in [4.69, 9.17) is 11.6 Å². The Kier molecular flexibility index (Phi) is 3.09.